The van der Waals surface area contributed by atoms with Crippen LogP contribution < -0.4 is 10.1 Å². The van der Waals surface area contributed by atoms with Crippen molar-refractivity contribution < 1.29 is 14.3 Å². The SMILES string of the molecule is CN1C(=O)N/C(=C/c2cc(Cl)c(OCc3ccccc3Cl)c(Br)c2)C1=O. The number of urea groups is 1. The molecule has 1 aliphatic heterocycles. The molecule has 1 aliphatic rings. The van der Waals surface area contributed by atoms with Crippen molar-refractivity contribution in [1.29, 1.82) is 0 Å². The van der Waals surface area contributed by atoms with E-state index in [1.807, 2.05) is 18.2 Å². The first-order valence-electron chi connectivity index (χ1n) is 7.53. The van der Waals surface area contributed by atoms with Crippen molar-refractivity contribution in [2.24, 2.45) is 0 Å². The Kier molecular flexibility index (Phi) is 5.55. The molecule has 0 atom stereocenters. The summed E-state index contributed by atoms with van der Waals surface area (Å²) < 4.78 is 6.41. The monoisotopic (exact) mass is 454 g/mol. The molecule has 0 radical (unpaired) electrons. The molecule has 0 aliphatic carbocycles. The third kappa shape index (κ3) is 3.87. The summed E-state index contributed by atoms with van der Waals surface area (Å²) in [5.41, 5.74) is 1.67. The van der Waals surface area contributed by atoms with E-state index in [-0.39, 0.29) is 12.3 Å². The lowest BCUT2D eigenvalue weighted by Gasteiger charge is -2.12. The summed E-state index contributed by atoms with van der Waals surface area (Å²) in [4.78, 5) is 24.5. The van der Waals surface area contributed by atoms with Crippen molar-refractivity contribution in [3.63, 3.8) is 0 Å². The molecule has 26 heavy (non-hydrogen) atoms. The summed E-state index contributed by atoms with van der Waals surface area (Å²) in [6.45, 7) is 0.262. The number of nitrogens with zero attached hydrogens (tertiary/aromatic N) is 1. The second-order valence-electron chi connectivity index (χ2n) is 5.55. The molecule has 0 aromatic heterocycles. The molecule has 0 spiro atoms. The Labute approximate surface area is 168 Å². The van der Waals surface area contributed by atoms with E-state index in [0.717, 1.165) is 10.5 Å². The van der Waals surface area contributed by atoms with Crippen LogP contribution in [0, 0.1) is 0 Å². The number of rotatable bonds is 4. The van der Waals surface area contributed by atoms with Crippen LogP contribution in [-0.4, -0.2) is 23.9 Å². The highest BCUT2D eigenvalue weighted by molar-refractivity contribution is 9.10. The molecule has 8 heteroatoms. The minimum Gasteiger partial charge on any atom is -0.486 e. The molecule has 5 nitrogen and oxygen atoms in total. The Hall–Kier alpha value is -2.02. The van der Waals surface area contributed by atoms with E-state index in [1.54, 1.807) is 24.3 Å². The highest BCUT2D eigenvalue weighted by atomic mass is 79.9. The van der Waals surface area contributed by atoms with Crippen LogP contribution in [0.5, 0.6) is 5.75 Å². The smallest absolute Gasteiger partial charge is 0.328 e. The zero-order valence-corrected chi connectivity index (χ0v) is 16.7. The third-order valence-electron chi connectivity index (χ3n) is 3.74. The Balaban J connectivity index is 1.82. The lowest BCUT2D eigenvalue weighted by atomic mass is 10.1. The minimum atomic E-state index is -0.467. The van der Waals surface area contributed by atoms with Crippen LogP contribution >= 0.6 is 39.1 Å². The van der Waals surface area contributed by atoms with Crippen LogP contribution in [0.4, 0.5) is 4.79 Å². The first-order chi connectivity index (χ1) is 12.4. The van der Waals surface area contributed by atoms with Crippen molar-refractivity contribution >= 4 is 57.1 Å². The van der Waals surface area contributed by atoms with Crippen LogP contribution in [0.3, 0.4) is 0 Å². The van der Waals surface area contributed by atoms with Gasteiger partial charge in [0.2, 0.25) is 0 Å². The number of likely N-dealkylation sites (N-methyl/N-ethyl adjacent to an activating group) is 1. The Morgan fingerprint density at radius 2 is 1.92 bits per heavy atom. The fourth-order valence-corrected chi connectivity index (χ4v) is 3.54. The van der Waals surface area contributed by atoms with E-state index in [4.69, 9.17) is 27.9 Å². The third-order valence-corrected chi connectivity index (χ3v) is 4.98. The van der Waals surface area contributed by atoms with Crippen molar-refractivity contribution in [2.45, 2.75) is 6.61 Å². The van der Waals surface area contributed by atoms with E-state index in [9.17, 15) is 9.59 Å². The number of amides is 3. The Morgan fingerprint density at radius 3 is 2.54 bits per heavy atom. The lowest BCUT2D eigenvalue weighted by Crippen LogP contribution is -2.25. The predicted octanol–water partition coefficient (Wildman–Crippen LogP) is 4.86. The largest absolute Gasteiger partial charge is 0.486 e. The number of hydrogen-bond acceptors (Lipinski definition) is 3. The maximum atomic E-state index is 11.9. The van der Waals surface area contributed by atoms with Crippen molar-refractivity contribution in [1.82, 2.24) is 10.2 Å². The van der Waals surface area contributed by atoms with Gasteiger partial charge in [0.25, 0.3) is 5.91 Å². The zero-order valence-electron chi connectivity index (χ0n) is 13.6. The summed E-state index contributed by atoms with van der Waals surface area (Å²) in [6.07, 6.45) is 1.55. The number of halogens is 3. The van der Waals surface area contributed by atoms with E-state index in [2.05, 4.69) is 21.2 Å². The zero-order chi connectivity index (χ0) is 18.8. The molecule has 3 amide bonds. The fourth-order valence-electron chi connectivity index (χ4n) is 2.36. The van der Waals surface area contributed by atoms with E-state index in [1.165, 1.54) is 7.05 Å². The Morgan fingerprint density at radius 1 is 1.19 bits per heavy atom. The standard InChI is InChI=1S/C18H13BrCl2N2O3/c1-23-17(24)15(22-18(23)25)8-10-6-12(19)16(14(21)7-10)26-9-11-4-2-3-5-13(11)20/h2-8H,9H2,1H3,(H,22,25)/b15-8+. The summed E-state index contributed by atoms with van der Waals surface area (Å²) in [5, 5.41) is 3.48. The van der Waals surface area contributed by atoms with Crippen molar-refractivity contribution in [2.75, 3.05) is 7.05 Å². The number of hydrogen-bond donors (Lipinski definition) is 1. The van der Waals surface area contributed by atoms with Gasteiger partial charge in [0.15, 0.2) is 5.75 Å². The minimum absolute atomic E-state index is 0.185. The number of benzene rings is 2. The number of carbonyl (C=O) groups excluding carboxylic acids is 2. The van der Waals surface area contributed by atoms with Gasteiger partial charge in [-0.3, -0.25) is 9.69 Å². The van der Waals surface area contributed by atoms with Gasteiger partial charge in [0.05, 0.1) is 9.50 Å². The van der Waals surface area contributed by atoms with E-state index < -0.39 is 11.9 Å². The first kappa shape index (κ1) is 18.8. The number of carbonyl (C=O) groups is 2. The normalized spacial score (nSPS) is 15.5. The van der Waals surface area contributed by atoms with Gasteiger partial charge in [0.1, 0.15) is 12.3 Å². The molecule has 0 saturated carbocycles. The summed E-state index contributed by atoms with van der Waals surface area (Å²) in [5.74, 6) is 0.0638. The molecule has 134 valence electrons. The maximum absolute atomic E-state index is 11.9. The van der Waals surface area contributed by atoms with Crippen molar-refractivity contribution in [3.8, 4) is 5.75 Å². The highest BCUT2D eigenvalue weighted by Crippen LogP contribution is 2.36. The topological polar surface area (TPSA) is 58.6 Å². The van der Waals surface area contributed by atoms with Crippen LogP contribution in [0.2, 0.25) is 10.0 Å². The van der Waals surface area contributed by atoms with Crippen molar-refractivity contribution in [3.05, 3.63) is 67.7 Å². The molecule has 2 aromatic carbocycles. The number of nitrogens with one attached hydrogen (secondary N) is 1. The first-order valence-corrected chi connectivity index (χ1v) is 9.07. The van der Waals surface area contributed by atoms with Gasteiger partial charge < -0.3 is 10.1 Å². The predicted molar refractivity (Wildman–Crippen MR) is 104 cm³/mol. The Bertz CT molecular complexity index is 907. The number of imide groups is 1. The fraction of sp³-hybridized carbons (Fsp3) is 0.111. The number of ether oxygens (including phenoxy) is 1. The van der Waals surface area contributed by atoms with Gasteiger partial charge in [-0.2, -0.15) is 0 Å². The molecule has 1 heterocycles. The molecule has 1 N–H and O–H groups in total. The van der Waals surface area contributed by atoms with Crippen LogP contribution in [-0.2, 0) is 11.4 Å². The average Bonchev–Trinajstić information content (AvgIpc) is 2.82. The quantitative estimate of drug-likeness (QED) is 0.529. The van der Waals surface area contributed by atoms with Gasteiger partial charge in [-0.05, 0) is 45.8 Å². The van der Waals surface area contributed by atoms with Gasteiger partial charge in [0, 0.05) is 17.6 Å². The summed E-state index contributed by atoms with van der Waals surface area (Å²) in [7, 11) is 1.41. The van der Waals surface area contributed by atoms with Crippen LogP contribution in [0.15, 0.2) is 46.6 Å². The summed E-state index contributed by atoms with van der Waals surface area (Å²) in [6, 6.07) is 10.3. The molecule has 3 rings (SSSR count). The second kappa shape index (κ2) is 7.70. The molecular formula is C18H13BrCl2N2O3. The highest BCUT2D eigenvalue weighted by Gasteiger charge is 2.30. The van der Waals surface area contributed by atoms with Crippen LogP contribution in [0.25, 0.3) is 6.08 Å². The lowest BCUT2D eigenvalue weighted by molar-refractivity contribution is -0.121. The van der Waals surface area contributed by atoms with Crippen LogP contribution in [0.1, 0.15) is 11.1 Å². The van der Waals surface area contributed by atoms with E-state index in [0.29, 0.717) is 25.8 Å². The van der Waals surface area contributed by atoms with Gasteiger partial charge in [-0.15, -0.1) is 0 Å². The van der Waals surface area contributed by atoms with Gasteiger partial charge in [-0.25, -0.2) is 4.79 Å². The van der Waals surface area contributed by atoms with E-state index >= 15 is 0 Å². The van der Waals surface area contributed by atoms with Gasteiger partial charge in [-0.1, -0.05) is 41.4 Å². The van der Waals surface area contributed by atoms with Gasteiger partial charge >= 0.3 is 6.03 Å². The average molecular weight is 456 g/mol. The second-order valence-corrected chi connectivity index (χ2v) is 7.21. The molecule has 0 bridgehead atoms. The maximum Gasteiger partial charge on any atom is 0.328 e. The molecule has 0 unspecified atom stereocenters. The molecular weight excluding hydrogens is 443 g/mol. The molecule has 1 saturated heterocycles. The summed E-state index contributed by atoms with van der Waals surface area (Å²) >= 11 is 15.9. The molecule has 2 aromatic rings. The molecule has 1 fully saturated rings.